The Labute approximate surface area is 111 Å². The molecule has 0 saturated heterocycles. The van der Waals surface area contributed by atoms with Crippen LogP contribution < -0.4 is 5.32 Å². The molecule has 3 N–H and O–H groups in total. The fourth-order valence-corrected chi connectivity index (χ4v) is 1.39. The van der Waals surface area contributed by atoms with Crippen LogP contribution in [0.1, 0.15) is 20.3 Å². The van der Waals surface area contributed by atoms with Crippen LogP contribution in [0.2, 0.25) is 0 Å². The molecule has 0 aromatic carbocycles. The quantitative estimate of drug-likeness (QED) is 0.573. The molecule has 0 fully saturated rings. The van der Waals surface area contributed by atoms with E-state index in [4.69, 9.17) is 14.9 Å². The number of carbonyl (C=O) groups excluding carboxylic acids is 1. The maximum Gasteiger partial charge on any atom is 0.326 e. The second kappa shape index (κ2) is 8.30. The van der Waals surface area contributed by atoms with Gasteiger partial charge in [-0.15, -0.1) is 0 Å². The second-order valence-corrected chi connectivity index (χ2v) is 4.22. The summed E-state index contributed by atoms with van der Waals surface area (Å²) in [5.74, 6) is -2.67. The highest BCUT2D eigenvalue weighted by Gasteiger charge is 2.26. The van der Waals surface area contributed by atoms with E-state index in [1.807, 2.05) is 0 Å². The molecule has 110 valence electrons. The first-order valence-electron chi connectivity index (χ1n) is 5.80. The maximum absolute atomic E-state index is 11.9. The molecule has 0 bridgehead atoms. The standard InChI is InChI=1S/C11H20N2O6/c1-7(2)13(4-5-19-3)11(18)12-8(10(16)17)6-9(14)15/h7-8H,4-6H2,1-3H3,(H,12,18)(H,14,15)(H,16,17)/t8-/m1/s1. The monoisotopic (exact) mass is 276 g/mol. The lowest BCUT2D eigenvalue weighted by molar-refractivity contribution is -0.145. The van der Waals surface area contributed by atoms with E-state index in [0.29, 0.717) is 13.2 Å². The summed E-state index contributed by atoms with van der Waals surface area (Å²) in [6, 6.07) is -2.23. The van der Waals surface area contributed by atoms with E-state index >= 15 is 0 Å². The lowest BCUT2D eigenvalue weighted by Gasteiger charge is -2.28. The van der Waals surface area contributed by atoms with Gasteiger partial charge in [0.1, 0.15) is 6.04 Å². The number of methoxy groups -OCH3 is 1. The molecule has 8 nitrogen and oxygen atoms in total. The number of amides is 2. The lowest BCUT2D eigenvalue weighted by Crippen LogP contribution is -2.51. The number of carboxylic acid groups (broad SMARTS) is 2. The van der Waals surface area contributed by atoms with Crippen molar-refractivity contribution in [3.63, 3.8) is 0 Å². The van der Waals surface area contributed by atoms with E-state index in [1.165, 1.54) is 12.0 Å². The third-order valence-electron chi connectivity index (χ3n) is 2.40. The summed E-state index contributed by atoms with van der Waals surface area (Å²) in [5.41, 5.74) is 0. The molecular weight excluding hydrogens is 256 g/mol. The smallest absolute Gasteiger partial charge is 0.326 e. The van der Waals surface area contributed by atoms with Crippen LogP contribution in [-0.4, -0.2) is 65.4 Å². The zero-order valence-electron chi connectivity index (χ0n) is 11.3. The molecule has 0 saturated carbocycles. The van der Waals surface area contributed by atoms with Crippen molar-refractivity contribution >= 4 is 18.0 Å². The van der Waals surface area contributed by atoms with Crippen LogP contribution in [0.25, 0.3) is 0 Å². The minimum Gasteiger partial charge on any atom is -0.481 e. The zero-order chi connectivity index (χ0) is 15.0. The number of nitrogens with zero attached hydrogens (tertiary/aromatic N) is 1. The molecule has 0 aliphatic heterocycles. The number of hydrogen-bond donors (Lipinski definition) is 3. The first-order valence-corrected chi connectivity index (χ1v) is 5.80. The minimum absolute atomic E-state index is 0.158. The van der Waals surface area contributed by atoms with Crippen molar-refractivity contribution in [2.24, 2.45) is 0 Å². The molecule has 0 unspecified atom stereocenters. The van der Waals surface area contributed by atoms with Crippen molar-refractivity contribution in [3.05, 3.63) is 0 Å². The van der Waals surface area contributed by atoms with Crippen LogP contribution >= 0.6 is 0 Å². The van der Waals surface area contributed by atoms with Gasteiger partial charge in [-0.25, -0.2) is 9.59 Å². The number of carbonyl (C=O) groups is 3. The number of nitrogens with one attached hydrogen (secondary N) is 1. The summed E-state index contributed by atoms with van der Waals surface area (Å²) in [5, 5.41) is 19.6. The predicted molar refractivity (Wildman–Crippen MR) is 65.9 cm³/mol. The van der Waals surface area contributed by atoms with Gasteiger partial charge in [-0.1, -0.05) is 0 Å². The number of carboxylic acids is 2. The van der Waals surface area contributed by atoms with Crippen molar-refractivity contribution in [1.82, 2.24) is 10.2 Å². The number of urea groups is 1. The van der Waals surface area contributed by atoms with Crippen LogP contribution in [0.5, 0.6) is 0 Å². The van der Waals surface area contributed by atoms with Crippen molar-refractivity contribution in [3.8, 4) is 0 Å². The van der Waals surface area contributed by atoms with Gasteiger partial charge >= 0.3 is 18.0 Å². The molecule has 0 heterocycles. The summed E-state index contributed by atoms with van der Waals surface area (Å²) in [6.45, 7) is 4.13. The SMILES string of the molecule is COCCN(C(=O)N[C@H](CC(=O)O)C(=O)O)C(C)C. The maximum atomic E-state index is 11.9. The fraction of sp³-hybridized carbons (Fsp3) is 0.727. The van der Waals surface area contributed by atoms with Gasteiger partial charge in [0, 0.05) is 19.7 Å². The number of aliphatic carboxylic acids is 2. The van der Waals surface area contributed by atoms with E-state index in [9.17, 15) is 14.4 Å². The molecule has 0 aromatic rings. The van der Waals surface area contributed by atoms with Gasteiger partial charge in [-0.2, -0.15) is 0 Å². The second-order valence-electron chi connectivity index (χ2n) is 4.22. The summed E-state index contributed by atoms with van der Waals surface area (Å²) in [4.78, 5) is 34.6. The van der Waals surface area contributed by atoms with E-state index in [0.717, 1.165) is 0 Å². The largest absolute Gasteiger partial charge is 0.481 e. The van der Waals surface area contributed by atoms with Gasteiger partial charge in [-0.3, -0.25) is 4.79 Å². The average molecular weight is 276 g/mol. The van der Waals surface area contributed by atoms with Crippen LogP contribution in [0, 0.1) is 0 Å². The normalized spacial score (nSPS) is 12.0. The Kier molecular flexibility index (Phi) is 7.50. The molecule has 19 heavy (non-hydrogen) atoms. The molecule has 0 aromatic heterocycles. The third-order valence-corrected chi connectivity index (χ3v) is 2.40. The minimum atomic E-state index is -1.45. The first-order chi connectivity index (χ1) is 8.79. The summed E-state index contributed by atoms with van der Waals surface area (Å²) >= 11 is 0. The van der Waals surface area contributed by atoms with Crippen LogP contribution in [-0.2, 0) is 14.3 Å². The molecule has 0 rings (SSSR count). The van der Waals surface area contributed by atoms with Crippen molar-refractivity contribution in [2.75, 3.05) is 20.3 Å². The van der Waals surface area contributed by atoms with Crippen LogP contribution in [0.15, 0.2) is 0 Å². The number of hydrogen-bond acceptors (Lipinski definition) is 4. The summed E-state index contributed by atoms with van der Waals surface area (Å²) in [7, 11) is 1.49. The number of rotatable bonds is 8. The molecule has 1 atom stereocenters. The lowest BCUT2D eigenvalue weighted by atomic mass is 10.2. The van der Waals surface area contributed by atoms with Gasteiger partial charge in [0.15, 0.2) is 0 Å². The van der Waals surface area contributed by atoms with E-state index < -0.39 is 30.4 Å². The Hall–Kier alpha value is -1.83. The molecule has 0 spiro atoms. The third kappa shape index (κ3) is 6.61. The molecule has 8 heteroatoms. The molecule has 0 radical (unpaired) electrons. The van der Waals surface area contributed by atoms with Crippen molar-refractivity contribution < 1.29 is 29.3 Å². The Morgan fingerprint density at radius 2 is 1.84 bits per heavy atom. The Morgan fingerprint density at radius 3 is 2.21 bits per heavy atom. The van der Waals surface area contributed by atoms with E-state index in [1.54, 1.807) is 13.8 Å². The van der Waals surface area contributed by atoms with Crippen molar-refractivity contribution in [2.45, 2.75) is 32.4 Å². The zero-order valence-corrected chi connectivity index (χ0v) is 11.3. The summed E-state index contributed by atoms with van der Waals surface area (Å²) < 4.78 is 4.86. The van der Waals surface area contributed by atoms with Gasteiger partial charge < -0.3 is 25.2 Å². The predicted octanol–water partition coefficient (Wildman–Crippen LogP) is -0.0193. The molecule has 0 aliphatic rings. The van der Waals surface area contributed by atoms with Crippen LogP contribution in [0.3, 0.4) is 0 Å². The molecule has 2 amide bonds. The van der Waals surface area contributed by atoms with E-state index in [-0.39, 0.29) is 6.04 Å². The Bertz CT molecular complexity index is 331. The van der Waals surface area contributed by atoms with Gasteiger partial charge in [0.05, 0.1) is 13.0 Å². The van der Waals surface area contributed by atoms with Crippen molar-refractivity contribution in [1.29, 1.82) is 0 Å². The van der Waals surface area contributed by atoms with E-state index in [2.05, 4.69) is 5.32 Å². The summed E-state index contributed by atoms with van der Waals surface area (Å²) in [6.07, 6.45) is -0.669. The van der Waals surface area contributed by atoms with Gasteiger partial charge in [-0.05, 0) is 13.8 Å². The van der Waals surface area contributed by atoms with Crippen LogP contribution in [0.4, 0.5) is 4.79 Å². The Morgan fingerprint density at radius 1 is 1.26 bits per heavy atom. The highest BCUT2D eigenvalue weighted by atomic mass is 16.5. The number of ether oxygens (including phenoxy) is 1. The fourth-order valence-electron chi connectivity index (χ4n) is 1.39. The molecular formula is C11H20N2O6. The topological polar surface area (TPSA) is 116 Å². The first kappa shape index (κ1) is 17.2. The Balaban J connectivity index is 4.65. The highest BCUT2D eigenvalue weighted by Crippen LogP contribution is 2.01. The van der Waals surface area contributed by atoms with Gasteiger partial charge in [0.25, 0.3) is 0 Å². The average Bonchev–Trinajstić information content (AvgIpc) is 2.27. The molecule has 0 aliphatic carbocycles. The van der Waals surface area contributed by atoms with Gasteiger partial charge in [0.2, 0.25) is 0 Å². The highest BCUT2D eigenvalue weighted by molar-refractivity contribution is 5.86.